The minimum absolute atomic E-state index is 0.0856. The average Bonchev–Trinajstić information content (AvgIpc) is 3.70. The number of aliphatic carboxylic acids is 1. The smallest absolute Gasteiger partial charge is 0.335 e. The largest absolute Gasteiger partial charge is 0.478 e. The number of fused-ring (bicyclic) bond motifs is 1. The summed E-state index contributed by atoms with van der Waals surface area (Å²) in [4.78, 5) is 37.7. The van der Waals surface area contributed by atoms with Crippen molar-refractivity contribution in [2.75, 3.05) is 26.2 Å². The van der Waals surface area contributed by atoms with Gasteiger partial charge < -0.3 is 15.2 Å². The third-order valence-corrected chi connectivity index (χ3v) is 10.1. The molecule has 44 heavy (non-hydrogen) atoms. The van der Waals surface area contributed by atoms with Gasteiger partial charge in [-0.15, -0.1) is 11.3 Å². The quantitative estimate of drug-likeness (QED) is 0.312. The highest BCUT2D eigenvalue weighted by atomic mass is 32.1. The molecule has 0 amide bonds. The number of benzene rings is 1. The summed E-state index contributed by atoms with van der Waals surface area (Å²) in [6.07, 6.45) is 4.42. The molecule has 234 valence electrons. The molecule has 1 saturated carbocycles. The van der Waals surface area contributed by atoms with Crippen molar-refractivity contribution in [1.29, 1.82) is 0 Å². The number of rotatable bonds is 9. The van der Waals surface area contributed by atoms with E-state index in [0.29, 0.717) is 42.2 Å². The molecule has 6 rings (SSSR count). The van der Waals surface area contributed by atoms with Gasteiger partial charge in [-0.3, -0.25) is 19.6 Å². The number of carbonyl (C=O) groups is 2. The molecule has 4 aliphatic rings. The molecule has 0 spiro atoms. The van der Waals surface area contributed by atoms with Crippen LogP contribution in [0.4, 0.5) is 13.2 Å². The number of ether oxygens (including phenoxy) is 1. The molecule has 3 fully saturated rings. The molecular weight excluding hydrogens is 595 g/mol. The Balaban J connectivity index is 1.28. The Morgan fingerprint density at radius 1 is 1.32 bits per heavy atom. The van der Waals surface area contributed by atoms with Gasteiger partial charge in [0.25, 0.3) is 5.92 Å². The van der Waals surface area contributed by atoms with Crippen LogP contribution >= 0.6 is 11.3 Å². The number of hydrogen-bond acceptors (Lipinski definition) is 9. The van der Waals surface area contributed by atoms with Crippen molar-refractivity contribution in [2.45, 2.75) is 63.2 Å². The Bertz CT molecular complexity index is 1540. The van der Waals surface area contributed by atoms with Gasteiger partial charge in [-0.05, 0) is 50.3 Å². The zero-order valence-corrected chi connectivity index (χ0v) is 25.2. The number of aliphatic imine (C=N–C) groups is 1. The van der Waals surface area contributed by atoms with Crippen LogP contribution in [0.1, 0.15) is 48.4 Å². The number of amidine groups is 1. The van der Waals surface area contributed by atoms with Crippen LogP contribution in [0.2, 0.25) is 0 Å². The monoisotopic (exact) mass is 629 g/mol. The molecule has 0 bridgehead atoms. The van der Waals surface area contributed by atoms with Crippen molar-refractivity contribution in [3.63, 3.8) is 0 Å². The van der Waals surface area contributed by atoms with Crippen LogP contribution in [-0.2, 0) is 14.3 Å². The van der Waals surface area contributed by atoms with Gasteiger partial charge in [0.15, 0.2) is 10.8 Å². The standard InChI is InChI=1S/C31H34F3N5O4S/c1-4-11-43-29(42)30(3)13-18(14-30)39-10-8-22-25(39)31(33,34)16-38(22)15-21-23(28(40)41)24(19-6-5-7-20(32)17(19)2)37-26(36-21)27-35-9-12-44-27/h4-7,9,12,18,22,24-25H,1,8,10-11,13-16H2,2-3H3,(H,36,37)(H,40,41)/t18?,22-,24-,25+,30?/m0/s1. The highest BCUT2D eigenvalue weighted by Crippen LogP contribution is 2.50. The number of carbonyl (C=O) groups excluding carboxylic acids is 1. The summed E-state index contributed by atoms with van der Waals surface area (Å²) in [5, 5.41) is 15.7. The van der Waals surface area contributed by atoms with Crippen molar-refractivity contribution in [3.05, 3.63) is 75.7 Å². The molecule has 13 heteroatoms. The number of carboxylic acid groups (broad SMARTS) is 1. The van der Waals surface area contributed by atoms with Crippen LogP contribution in [0.25, 0.3) is 0 Å². The Hall–Kier alpha value is -3.55. The van der Waals surface area contributed by atoms with E-state index in [1.54, 1.807) is 36.4 Å². The first kappa shape index (κ1) is 30.5. The summed E-state index contributed by atoms with van der Waals surface area (Å²) in [7, 11) is 0. The van der Waals surface area contributed by atoms with E-state index in [4.69, 9.17) is 4.74 Å². The Kier molecular flexibility index (Phi) is 7.91. The topological polar surface area (TPSA) is 107 Å². The summed E-state index contributed by atoms with van der Waals surface area (Å²) in [5.41, 5.74) is 0.0322. The van der Waals surface area contributed by atoms with Crippen LogP contribution in [0.5, 0.6) is 0 Å². The Labute approximate surface area is 257 Å². The van der Waals surface area contributed by atoms with E-state index < -0.39 is 47.8 Å². The van der Waals surface area contributed by atoms with Crippen molar-refractivity contribution >= 4 is 29.1 Å². The van der Waals surface area contributed by atoms with Gasteiger partial charge in [0, 0.05) is 42.4 Å². The summed E-state index contributed by atoms with van der Waals surface area (Å²) in [6.45, 7) is 6.84. The number of esters is 1. The second kappa shape index (κ2) is 11.4. The van der Waals surface area contributed by atoms with E-state index in [-0.39, 0.29) is 42.0 Å². The van der Waals surface area contributed by atoms with Crippen LogP contribution in [0, 0.1) is 18.2 Å². The molecule has 2 aromatic rings. The maximum Gasteiger partial charge on any atom is 0.335 e. The lowest BCUT2D eigenvalue weighted by Crippen LogP contribution is -2.58. The van der Waals surface area contributed by atoms with Crippen LogP contribution in [-0.4, -0.2) is 88.0 Å². The zero-order valence-electron chi connectivity index (χ0n) is 24.4. The normalized spacial score (nSPS) is 29.9. The molecule has 2 N–H and O–H groups in total. The van der Waals surface area contributed by atoms with E-state index in [9.17, 15) is 19.1 Å². The van der Waals surface area contributed by atoms with Crippen molar-refractivity contribution in [3.8, 4) is 0 Å². The summed E-state index contributed by atoms with van der Waals surface area (Å²) < 4.78 is 51.4. The minimum Gasteiger partial charge on any atom is -0.478 e. The molecule has 1 aliphatic carbocycles. The molecular formula is C31H34F3N5O4S. The number of alkyl halides is 2. The first-order chi connectivity index (χ1) is 20.9. The van der Waals surface area contributed by atoms with Gasteiger partial charge in [0.1, 0.15) is 18.5 Å². The molecule has 9 nitrogen and oxygen atoms in total. The molecule has 1 aromatic carbocycles. The van der Waals surface area contributed by atoms with E-state index in [1.807, 2.05) is 4.90 Å². The van der Waals surface area contributed by atoms with Gasteiger partial charge >= 0.3 is 11.9 Å². The molecule has 1 aromatic heterocycles. The average molecular weight is 630 g/mol. The van der Waals surface area contributed by atoms with Gasteiger partial charge in [-0.1, -0.05) is 24.8 Å². The van der Waals surface area contributed by atoms with E-state index >= 15 is 8.78 Å². The van der Waals surface area contributed by atoms with Crippen molar-refractivity contribution in [1.82, 2.24) is 20.1 Å². The number of hydrogen-bond donors (Lipinski definition) is 2. The van der Waals surface area contributed by atoms with Crippen LogP contribution < -0.4 is 5.32 Å². The Morgan fingerprint density at radius 3 is 2.77 bits per heavy atom. The fourth-order valence-corrected chi connectivity index (χ4v) is 7.82. The summed E-state index contributed by atoms with van der Waals surface area (Å²) in [5.74, 6) is -4.86. The van der Waals surface area contributed by atoms with Gasteiger partial charge in [-0.2, -0.15) is 0 Å². The maximum absolute atomic E-state index is 15.8. The first-order valence-corrected chi connectivity index (χ1v) is 15.4. The number of likely N-dealkylation sites (tertiary alicyclic amines) is 2. The lowest BCUT2D eigenvalue weighted by molar-refractivity contribution is -0.165. The lowest BCUT2D eigenvalue weighted by Gasteiger charge is -2.49. The second-order valence-corrected chi connectivity index (χ2v) is 13.1. The van der Waals surface area contributed by atoms with Gasteiger partial charge in [0.05, 0.1) is 23.6 Å². The molecule has 2 saturated heterocycles. The van der Waals surface area contributed by atoms with Gasteiger partial charge in [-0.25, -0.2) is 22.9 Å². The number of thiazole rings is 1. The molecule has 3 atom stereocenters. The minimum atomic E-state index is -3.06. The molecule has 4 heterocycles. The number of halogens is 3. The van der Waals surface area contributed by atoms with Crippen molar-refractivity contribution in [2.24, 2.45) is 10.4 Å². The van der Waals surface area contributed by atoms with E-state index in [0.717, 1.165) is 0 Å². The second-order valence-electron chi connectivity index (χ2n) is 12.2. The number of carboxylic acids is 1. The fraction of sp³-hybridized carbons (Fsp3) is 0.484. The van der Waals surface area contributed by atoms with E-state index in [1.165, 1.54) is 29.5 Å². The lowest BCUT2D eigenvalue weighted by atomic mass is 9.66. The fourth-order valence-electron chi connectivity index (χ4n) is 7.23. The third-order valence-electron chi connectivity index (χ3n) is 9.34. The summed E-state index contributed by atoms with van der Waals surface area (Å²) >= 11 is 1.30. The summed E-state index contributed by atoms with van der Waals surface area (Å²) in [6, 6.07) is 1.60. The Morgan fingerprint density at radius 2 is 2.09 bits per heavy atom. The highest BCUT2D eigenvalue weighted by Gasteiger charge is 2.63. The molecule has 3 aliphatic heterocycles. The van der Waals surface area contributed by atoms with E-state index in [2.05, 4.69) is 21.9 Å². The predicted molar refractivity (Wildman–Crippen MR) is 158 cm³/mol. The van der Waals surface area contributed by atoms with Crippen molar-refractivity contribution < 1.29 is 32.6 Å². The number of nitrogens with one attached hydrogen (secondary N) is 1. The third kappa shape index (κ3) is 5.24. The first-order valence-electron chi connectivity index (χ1n) is 14.6. The highest BCUT2D eigenvalue weighted by molar-refractivity contribution is 7.11. The number of nitrogens with zero attached hydrogens (tertiary/aromatic N) is 4. The molecule has 0 unspecified atom stereocenters. The van der Waals surface area contributed by atoms with Crippen LogP contribution in [0.15, 0.2) is 58.7 Å². The molecule has 0 radical (unpaired) electrons. The number of aromatic nitrogens is 1. The zero-order chi connectivity index (χ0) is 31.4. The predicted octanol–water partition coefficient (Wildman–Crippen LogP) is 4.31. The maximum atomic E-state index is 15.8. The SMILES string of the molecule is C=CCOC(=O)C1(C)CC(N2CC[C@H]3[C@@H]2C(F)(F)CN3CC2=C(C(=O)O)[C@H](c3cccc(F)c3C)N=C(c3nccs3)N2)C1. The van der Waals surface area contributed by atoms with Gasteiger partial charge in [0.2, 0.25) is 0 Å². The van der Waals surface area contributed by atoms with Crippen LogP contribution in [0.3, 0.4) is 0 Å².